The van der Waals surface area contributed by atoms with Gasteiger partial charge in [-0.1, -0.05) is 97.9 Å². The normalized spacial score (nSPS) is 11.3. The molecule has 3 aromatic carbocycles. The molecule has 0 saturated carbocycles. The highest BCUT2D eigenvalue weighted by Crippen LogP contribution is 2.41. The number of rotatable bonds is 4. The van der Waals surface area contributed by atoms with E-state index in [1.54, 1.807) is 0 Å². The van der Waals surface area contributed by atoms with Crippen molar-refractivity contribution in [1.82, 2.24) is 0 Å². The van der Waals surface area contributed by atoms with E-state index in [4.69, 9.17) is 0 Å². The van der Waals surface area contributed by atoms with E-state index in [0.29, 0.717) is 0 Å². The smallest absolute Gasteiger partial charge is 0.0451 e. The van der Waals surface area contributed by atoms with Crippen LogP contribution in [0.5, 0.6) is 0 Å². The van der Waals surface area contributed by atoms with Crippen LogP contribution < -0.4 is 0 Å². The minimum absolute atomic E-state index is 0.191. The molecule has 0 bridgehead atoms. The lowest BCUT2D eigenvalue weighted by Crippen LogP contribution is -2.28. The summed E-state index contributed by atoms with van der Waals surface area (Å²) >= 11 is 0. The van der Waals surface area contributed by atoms with Crippen molar-refractivity contribution in [3.05, 3.63) is 115 Å². The largest absolute Gasteiger partial charge is 0.0622 e. The minimum atomic E-state index is -0.191. The van der Waals surface area contributed by atoms with Gasteiger partial charge in [-0.3, -0.25) is 0 Å². The van der Waals surface area contributed by atoms with Crippen LogP contribution in [0.2, 0.25) is 0 Å². The molecule has 103 valence electrons. The monoisotopic (exact) mass is 271 g/mol. The van der Waals surface area contributed by atoms with Crippen LogP contribution >= 0.6 is 0 Å². The summed E-state index contributed by atoms with van der Waals surface area (Å²) in [6.07, 6.45) is 0.783. The molecule has 0 fully saturated rings. The lowest BCUT2D eigenvalue weighted by molar-refractivity contribution is 0.625. The van der Waals surface area contributed by atoms with Crippen LogP contribution in [0.3, 0.4) is 0 Å². The Morgan fingerprint density at radius 2 is 0.810 bits per heavy atom. The van der Waals surface area contributed by atoms with Gasteiger partial charge in [-0.2, -0.15) is 0 Å². The highest BCUT2D eigenvalue weighted by Gasteiger charge is 2.33. The van der Waals surface area contributed by atoms with Crippen molar-refractivity contribution in [3.8, 4) is 0 Å². The highest BCUT2D eigenvalue weighted by molar-refractivity contribution is 5.50. The molecule has 3 rings (SSSR count). The first kappa shape index (κ1) is 13.6. The van der Waals surface area contributed by atoms with Gasteiger partial charge >= 0.3 is 0 Å². The quantitative estimate of drug-likeness (QED) is 0.569. The summed E-state index contributed by atoms with van der Waals surface area (Å²) in [6, 6.07) is 32.0. The second kappa shape index (κ2) is 5.97. The lowest BCUT2D eigenvalue weighted by atomic mass is 9.68. The van der Waals surface area contributed by atoms with Crippen molar-refractivity contribution >= 4 is 0 Å². The number of hydrogen-bond donors (Lipinski definition) is 0. The molecule has 3 aromatic rings. The van der Waals surface area contributed by atoms with E-state index in [-0.39, 0.29) is 5.41 Å². The standard InChI is InChI=1S/C21H19/c1-2-21(18-12-6-3-7-13-18,19-14-8-4-9-15-19)20-16-10-5-11-17-20/h3-17H,1-2H2. The summed E-state index contributed by atoms with van der Waals surface area (Å²) in [4.78, 5) is 0. The summed E-state index contributed by atoms with van der Waals surface area (Å²) in [7, 11) is 0. The predicted octanol–water partition coefficient (Wildman–Crippen LogP) is 5.25. The molecule has 0 N–H and O–H groups in total. The van der Waals surface area contributed by atoms with Crippen LogP contribution in [0.4, 0.5) is 0 Å². The average Bonchev–Trinajstić information content (AvgIpc) is 2.59. The molecule has 1 radical (unpaired) electrons. The zero-order chi connectivity index (χ0) is 14.5. The Morgan fingerprint density at radius 3 is 1.05 bits per heavy atom. The molecule has 0 nitrogen and oxygen atoms in total. The first-order valence-electron chi connectivity index (χ1n) is 7.34. The fourth-order valence-electron chi connectivity index (χ4n) is 3.10. The summed E-state index contributed by atoms with van der Waals surface area (Å²) in [5.41, 5.74) is 3.68. The minimum Gasteiger partial charge on any atom is -0.0622 e. The van der Waals surface area contributed by atoms with E-state index in [1.165, 1.54) is 16.7 Å². The Bertz CT molecular complexity index is 572. The van der Waals surface area contributed by atoms with Gasteiger partial charge in [0.1, 0.15) is 0 Å². The molecule has 0 heterocycles. The molecule has 0 unspecified atom stereocenters. The van der Waals surface area contributed by atoms with Gasteiger partial charge in [0.15, 0.2) is 0 Å². The van der Waals surface area contributed by atoms with Gasteiger partial charge < -0.3 is 0 Å². The maximum Gasteiger partial charge on any atom is 0.0451 e. The predicted molar refractivity (Wildman–Crippen MR) is 89.2 cm³/mol. The van der Waals surface area contributed by atoms with Gasteiger partial charge in [-0.05, 0) is 23.1 Å². The van der Waals surface area contributed by atoms with Crippen molar-refractivity contribution in [1.29, 1.82) is 0 Å². The van der Waals surface area contributed by atoms with E-state index in [9.17, 15) is 0 Å². The Hall–Kier alpha value is -2.34. The van der Waals surface area contributed by atoms with Crippen molar-refractivity contribution in [3.63, 3.8) is 0 Å². The van der Waals surface area contributed by atoms with Gasteiger partial charge in [0, 0.05) is 5.41 Å². The second-order valence-electron chi connectivity index (χ2n) is 5.25. The molecular weight excluding hydrogens is 252 g/mol. The van der Waals surface area contributed by atoms with Gasteiger partial charge in [-0.15, -0.1) is 0 Å². The zero-order valence-electron chi connectivity index (χ0n) is 12.1. The van der Waals surface area contributed by atoms with Gasteiger partial charge in [0.05, 0.1) is 0 Å². The molecule has 0 aliphatic rings. The Labute approximate surface area is 127 Å². The average molecular weight is 271 g/mol. The summed E-state index contributed by atoms with van der Waals surface area (Å²) in [5, 5.41) is 0. The highest BCUT2D eigenvalue weighted by atomic mass is 14.4. The van der Waals surface area contributed by atoms with Crippen LogP contribution in [-0.2, 0) is 5.41 Å². The number of benzene rings is 3. The van der Waals surface area contributed by atoms with Gasteiger partial charge in [-0.25, -0.2) is 0 Å². The Kier molecular flexibility index (Phi) is 3.87. The topological polar surface area (TPSA) is 0 Å². The first-order valence-corrected chi connectivity index (χ1v) is 7.34. The summed E-state index contributed by atoms with van der Waals surface area (Å²) in [6.45, 7) is 4.29. The van der Waals surface area contributed by atoms with Crippen molar-refractivity contribution in [2.75, 3.05) is 0 Å². The zero-order valence-corrected chi connectivity index (χ0v) is 12.1. The van der Waals surface area contributed by atoms with Crippen molar-refractivity contribution < 1.29 is 0 Å². The van der Waals surface area contributed by atoms with E-state index in [0.717, 1.165) is 6.42 Å². The molecule has 0 saturated heterocycles. The van der Waals surface area contributed by atoms with Gasteiger partial charge in [0.25, 0.3) is 0 Å². The first-order chi connectivity index (χ1) is 10.4. The summed E-state index contributed by atoms with van der Waals surface area (Å²) in [5.74, 6) is 0. The Balaban J connectivity index is 2.29. The van der Waals surface area contributed by atoms with Gasteiger partial charge in [0.2, 0.25) is 0 Å². The van der Waals surface area contributed by atoms with Crippen LogP contribution in [-0.4, -0.2) is 0 Å². The van der Waals surface area contributed by atoms with Crippen molar-refractivity contribution in [2.24, 2.45) is 0 Å². The van der Waals surface area contributed by atoms with Crippen LogP contribution in [0, 0.1) is 6.92 Å². The van der Waals surface area contributed by atoms with Crippen LogP contribution in [0.1, 0.15) is 23.1 Å². The van der Waals surface area contributed by atoms with E-state index in [1.807, 2.05) is 0 Å². The second-order valence-corrected chi connectivity index (χ2v) is 5.25. The van der Waals surface area contributed by atoms with E-state index < -0.39 is 0 Å². The third-order valence-corrected chi connectivity index (χ3v) is 4.17. The third-order valence-electron chi connectivity index (χ3n) is 4.17. The van der Waals surface area contributed by atoms with Crippen LogP contribution in [0.15, 0.2) is 91.0 Å². The van der Waals surface area contributed by atoms with Crippen LogP contribution in [0.25, 0.3) is 0 Å². The molecule has 21 heavy (non-hydrogen) atoms. The van der Waals surface area contributed by atoms with Crippen molar-refractivity contribution in [2.45, 2.75) is 11.8 Å². The fourth-order valence-corrected chi connectivity index (χ4v) is 3.10. The molecule has 0 heteroatoms. The third kappa shape index (κ3) is 2.38. The maximum atomic E-state index is 4.29. The maximum absolute atomic E-state index is 4.29. The summed E-state index contributed by atoms with van der Waals surface area (Å²) < 4.78 is 0. The number of hydrogen-bond acceptors (Lipinski definition) is 0. The SMILES string of the molecule is [CH2]CC(c1ccccc1)(c1ccccc1)c1ccccc1. The molecule has 0 amide bonds. The molecule has 0 aliphatic heterocycles. The molecular formula is C21H19. The fraction of sp³-hybridized carbons (Fsp3) is 0.0952. The molecule has 0 spiro atoms. The Morgan fingerprint density at radius 1 is 0.524 bits per heavy atom. The van der Waals surface area contributed by atoms with E-state index in [2.05, 4.69) is 97.9 Å². The van der Waals surface area contributed by atoms with E-state index >= 15 is 0 Å². The molecule has 0 aliphatic carbocycles. The molecule has 0 atom stereocenters. The molecule has 0 aromatic heterocycles. The lowest BCUT2D eigenvalue weighted by Gasteiger charge is -2.35.